The largest absolute Gasteiger partial charge is 0.319 e. The number of hydrogen-bond donors (Lipinski definition) is 2. The average Bonchev–Trinajstić information content (AvgIpc) is 1.78. The minimum Gasteiger partial charge on any atom is -0.319 e. The van der Waals surface area contributed by atoms with E-state index in [1.807, 2.05) is 27.7 Å². The third kappa shape index (κ3) is 14200. The summed E-state index contributed by atoms with van der Waals surface area (Å²) in [5.74, 6) is 0. The van der Waals surface area contributed by atoms with Crippen LogP contribution >= 0.6 is 0 Å². The van der Waals surface area contributed by atoms with Crippen LogP contribution in [-0.2, 0) is 0 Å². The van der Waals surface area contributed by atoms with Crippen LogP contribution < -0.4 is 11.5 Å². The summed E-state index contributed by atoms with van der Waals surface area (Å²) < 4.78 is 0. The van der Waals surface area contributed by atoms with E-state index in [0.717, 1.165) is 0 Å². The van der Waals surface area contributed by atoms with E-state index < -0.39 is 0 Å². The van der Waals surface area contributed by atoms with Crippen LogP contribution in [0.15, 0.2) is 0 Å². The molecule has 48 valence electrons. The molecule has 0 aromatic heterocycles. The van der Waals surface area contributed by atoms with Crippen LogP contribution in [0.1, 0.15) is 27.7 Å². The zero-order chi connectivity index (χ0) is 6.71. The fourth-order valence-corrected chi connectivity index (χ4v) is 0. The van der Waals surface area contributed by atoms with Crippen molar-refractivity contribution in [1.29, 1.82) is 0 Å². The number of hydrogen-bond acceptors (Lipinski definition) is 2. The fourth-order valence-electron chi connectivity index (χ4n) is 0. The van der Waals surface area contributed by atoms with E-state index in [-0.39, 0.29) is 6.67 Å². The summed E-state index contributed by atoms with van der Waals surface area (Å²) in [7, 11) is 0. The number of nitrogens with two attached hydrogens (primary N) is 2. The van der Waals surface area contributed by atoms with Gasteiger partial charge >= 0.3 is 0 Å². The second kappa shape index (κ2) is 169. The molecule has 4 N–H and O–H groups in total. The molecule has 0 fully saturated rings. The van der Waals surface area contributed by atoms with Crippen molar-refractivity contribution in [3.05, 3.63) is 0 Å². The third-order valence-electron chi connectivity index (χ3n) is 0. The Kier molecular flexibility index (Phi) is 382. The minimum atomic E-state index is 0.250. The topological polar surface area (TPSA) is 52.0 Å². The van der Waals surface area contributed by atoms with Gasteiger partial charge in [-0.15, -0.1) is 0 Å². The maximum atomic E-state index is 4.62. The van der Waals surface area contributed by atoms with E-state index in [1.54, 1.807) is 0 Å². The highest BCUT2D eigenvalue weighted by Crippen LogP contribution is 1.15. The Labute approximate surface area is 46.9 Å². The zero-order valence-corrected chi connectivity index (χ0v) is 5.86. The van der Waals surface area contributed by atoms with E-state index in [0.29, 0.717) is 0 Å². The Morgan fingerprint density at radius 2 is 0.857 bits per heavy atom. The SMILES string of the molecule is CC.CC.NCN. The molecule has 0 saturated heterocycles. The molecule has 0 amide bonds. The van der Waals surface area contributed by atoms with Gasteiger partial charge in [0.15, 0.2) is 0 Å². The van der Waals surface area contributed by atoms with Gasteiger partial charge in [-0.3, -0.25) is 0 Å². The van der Waals surface area contributed by atoms with Crippen LogP contribution in [-0.4, -0.2) is 6.67 Å². The Morgan fingerprint density at radius 1 is 0.857 bits per heavy atom. The van der Waals surface area contributed by atoms with Crippen molar-refractivity contribution >= 4 is 0 Å². The Morgan fingerprint density at radius 3 is 0.857 bits per heavy atom. The Balaban J connectivity index is -0.0000000360. The van der Waals surface area contributed by atoms with E-state index >= 15 is 0 Å². The molecule has 7 heavy (non-hydrogen) atoms. The molecule has 0 heterocycles. The predicted octanol–water partition coefficient (Wildman–Crippen LogP) is 0.914. The summed E-state index contributed by atoms with van der Waals surface area (Å²) >= 11 is 0. The standard InChI is InChI=1S/2C2H6.CH6N2/c2*1-2;2-1-3/h2*1-2H3;1-3H2. The average molecular weight is 106 g/mol. The highest BCUT2D eigenvalue weighted by Gasteiger charge is 1.29. The summed E-state index contributed by atoms with van der Waals surface area (Å²) in [6.45, 7) is 8.25. The summed E-state index contributed by atoms with van der Waals surface area (Å²) in [6, 6.07) is 0. The molecule has 0 atom stereocenters. The van der Waals surface area contributed by atoms with Gasteiger partial charge in [0.1, 0.15) is 0 Å². The van der Waals surface area contributed by atoms with Gasteiger partial charge in [0.25, 0.3) is 0 Å². The monoisotopic (exact) mass is 106 g/mol. The van der Waals surface area contributed by atoms with E-state index in [1.165, 1.54) is 0 Å². The van der Waals surface area contributed by atoms with Crippen LogP contribution in [0, 0.1) is 0 Å². The summed E-state index contributed by atoms with van der Waals surface area (Å²) in [5, 5.41) is 0. The van der Waals surface area contributed by atoms with Gasteiger partial charge in [-0.25, -0.2) is 0 Å². The van der Waals surface area contributed by atoms with Crippen LogP contribution in [0.4, 0.5) is 0 Å². The molecular weight excluding hydrogens is 88.1 g/mol. The van der Waals surface area contributed by atoms with Crippen molar-refractivity contribution < 1.29 is 0 Å². The lowest BCUT2D eigenvalue weighted by Gasteiger charge is -1.56. The molecule has 0 aromatic rings. The normalized spacial score (nSPS) is 4.29. The van der Waals surface area contributed by atoms with Crippen LogP contribution in [0.5, 0.6) is 0 Å². The molecular formula is C5H18N2. The zero-order valence-electron chi connectivity index (χ0n) is 5.86. The van der Waals surface area contributed by atoms with Gasteiger partial charge < -0.3 is 11.5 Å². The summed E-state index contributed by atoms with van der Waals surface area (Å²) in [6.07, 6.45) is 0. The summed E-state index contributed by atoms with van der Waals surface area (Å²) in [4.78, 5) is 0. The van der Waals surface area contributed by atoms with E-state index in [9.17, 15) is 0 Å². The smallest absolute Gasteiger partial charge is 0.0403 e. The van der Waals surface area contributed by atoms with Crippen molar-refractivity contribution in [2.24, 2.45) is 11.5 Å². The van der Waals surface area contributed by atoms with Crippen LogP contribution in [0.25, 0.3) is 0 Å². The van der Waals surface area contributed by atoms with Gasteiger partial charge in [0.2, 0.25) is 0 Å². The van der Waals surface area contributed by atoms with Crippen molar-refractivity contribution in [2.75, 3.05) is 6.67 Å². The first kappa shape index (κ1) is 15.8. The third-order valence-corrected chi connectivity index (χ3v) is 0. The quantitative estimate of drug-likeness (QED) is 0.451. The van der Waals surface area contributed by atoms with Gasteiger partial charge in [-0.05, 0) is 0 Å². The first-order valence-corrected chi connectivity index (χ1v) is 2.82. The lowest BCUT2D eigenvalue weighted by molar-refractivity contribution is 1.07. The van der Waals surface area contributed by atoms with E-state index in [2.05, 4.69) is 11.5 Å². The van der Waals surface area contributed by atoms with Crippen LogP contribution in [0.3, 0.4) is 0 Å². The molecule has 0 aliphatic heterocycles. The summed E-state index contributed by atoms with van der Waals surface area (Å²) in [5.41, 5.74) is 9.25. The molecule has 0 bridgehead atoms. The van der Waals surface area contributed by atoms with Crippen molar-refractivity contribution in [2.45, 2.75) is 27.7 Å². The molecule has 0 aliphatic rings. The molecule has 0 unspecified atom stereocenters. The van der Waals surface area contributed by atoms with Gasteiger partial charge in [0.05, 0.1) is 0 Å². The Hall–Kier alpha value is -0.0800. The molecule has 0 aliphatic carbocycles. The fraction of sp³-hybridized carbons (Fsp3) is 1.00. The van der Waals surface area contributed by atoms with Crippen molar-refractivity contribution in [1.82, 2.24) is 0 Å². The van der Waals surface area contributed by atoms with Crippen molar-refractivity contribution in [3.8, 4) is 0 Å². The second-order valence-corrected chi connectivity index (χ2v) is 0.236. The lowest BCUT2D eigenvalue weighted by atomic mass is 11.0. The van der Waals surface area contributed by atoms with Crippen LogP contribution in [0.2, 0.25) is 0 Å². The Bertz CT molecular complexity index is 6.04. The predicted molar refractivity (Wildman–Crippen MR) is 35.9 cm³/mol. The molecule has 2 nitrogen and oxygen atoms in total. The molecule has 0 saturated carbocycles. The van der Waals surface area contributed by atoms with Gasteiger partial charge in [-0.1, -0.05) is 27.7 Å². The number of rotatable bonds is 0. The highest BCUT2D eigenvalue weighted by molar-refractivity contribution is 3.94. The molecule has 2 heteroatoms. The maximum Gasteiger partial charge on any atom is 0.0403 e. The first-order chi connectivity index (χ1) is 3.41. The van der Waals surface area contributed by atoms with Gasteiger partial charge in [-0.2, -0.15) is 0 Å². The molecule has 0 radical (unpaired) electrons. The molecule has 0 rings (SSSR count). The molecule has 0 aromatic carbocycles. The van der Waals surface area contributed by atoms with E-state index in [4.69, 9.17) is 0 Å². The second-order valence-electron chi connectivity index (χ2n) is 0.236. The highest BCUT2D eigenvalue weighted by atomic mass is 14.7. The minimum absolute atomic E-state index is 0.250. The molecule has 0 spiro atoms. The lowest BCUT2D eigenvalue weighted by Crippen LogP contribution is -2.08. The first-order valence-electron chi connectivity index (χ1n) is 2.82. The van der Waals surface area contributed by atoms with Crippen molar-refractivity contribution in [3.63, 3.8) is 0 Å². The maximum absolute atomic E-state index is 4.62. The van der Waals surface area contributed by atoms with Gasteiger partial charge in [0, 0.05) is 6.67 Å².